The zero-order valence-corrected chi connectivity index (χ0v) is 8.42. The summed E-state index contributed by atoms with van der Waals surface area (Å²) >= 11 is 5.74. The van der Waals surface area contributed by atoms with E-state index in [1.807, 2.05) is 0 Å². The lowest BCUT2D eigenvalue weighted by atomic mass is 10.3. The number of carboxylic acids is 1. The Bertz CT molecular complexity index is 565. The zero-order chi connectivity index (χ0) is 11.2. The summed E-state index contributed by atoms with van der Waals surface area (Å²) in [7, 11) is 0. The van der Waals surface area contributed by atoms with Crippen LogP contribution in [0.3, 0.4) is 0 Å². The zero-order valence-electron chi connectivity index (χ0n) is 7.66. The first-order chi connectivity index (χ1) is 7.00. The van der Waals surface area contributed by atoms with E-state index in [9.17, 15) is 9.18 Å². The van der Waals surface area contributed by atoms with Gasteiger partial charge in [0.2, 0.25) is 0 Å². The van der Waals surface area contributed by atoms with Crippen molar-refractivity contribution in [2.75, 3.05) is 0 Å². The Hall–Kier alpha value is -1.62. The minimum Gasteiger partial charge on any atom is -0.477 e. The summed E-state index contributed by atoms with van der Waals surface area (Å²) in [5, 5.41) is 9.00. The van der Waals surface area contributed by atoms with Crippen LogP contribution in [0.2, 0.25) is 5.02 Å². The van der Waals surface area contributed by atoms with Crippen molar-refractivity contribution >= 4 is 23.2 Å². The molecule has 0 radical (unpaired) electrons. The first-order valence-electron chi connectivity index (χ1n) is 4.07. The van der Waals surface area contributed by atoms with Crippen molar-refractivity contribution in [1.29, 1.82) is 0 Å². The summed E-state index contributed by atoms with van der Waals surface area (Å²) in [6.45, 7) is 1.53. The first kappa shape index (κ1) is 9.92. The molecule has 0 fully saturated rings. The summed E-state index contributed by atoms with van der Waals surface area (Å²) in [6.07, 6.45) is 1.05. The van der Waals surface area contributed by atoms with Crippen LogP contribution in [-0.2, 0) is 0 Å². The number of fused-ring (bicyclic) bond motifs is 1. The number of rotatable bonds is 1. The summed E-state index contributed by atoms with van der Waals surface area (Å²) < 4.78 is 14.2. The average Bonchev–Trinajstić information content (AvgIpc) is 2.41. The number of halogens is 2. The van der Waals surface area contributed by atoms with E-state index in [4.69, 9.17) is 16.7 Å². The molecule has 6 heteroatoms. The summed E-state index contributed by atoms with van der Waals surface area (Å²) in [4.78, 5) is 14.9. The molecule has 0 aliphatic carbocycles. The van der Waals surface area contributed by atoms with Crippen molar-refractivity contribution < 1.29 is 14.3 Å². The van der Waals surface area contributed by atoms with E-state index in [1.54, 1.807) is 0 Å². The lowest BCUT2D eigenvalue weighted by Gasteiger charge is -1.98. The molecule has 0 amide bonds. The molecule has 0 aromatic carbocycles. The molecule has 2 heterocycles. The molecule has 0 saturated heterocycles. The van der Waals surface area contributed by atoms with Crippen molar-refractivity contribution in [2.45, 2.75) is 6.92 Å². The van der Waals surface area contributed by atoms with Crippen LogP contribution < -0.4 is 0 Å². The standard InChI is InChI=1S/C9H6ClFN2O2/c1-4-7(9(14)15)13-3-5(11)2-6(10)8(13)12-4/h2-3H,1H3,(H,14,15). The second-order valence-electron chi connectivity index (χ2n) is 3.05. The van der Waals surface area contributed by atoms with E-state index in [-0.39, 0.29) is 16.4 Å². The molecule has 1 N–H and O–H groups in total. The van der Waals surface area contributed by atoms with Gasteiger partial charge in [0.25, 0.3) is 0 Å². The highest BCUT2D eigenvalue weighted by Gasteiger charge is 2.17. The molecule has 0 aliphatic heterocycles. The highest BCUT2D eigenvalue weighted by molar-refractivity contribution is 6.33. The molecule has 0 saturated carbocycles. The molecular weight excluding hydrogens is 223 g/mol. The van der Waals surface area contributed by atoms with Gasteiger partial charge in [0.15, 0.2) is 11.3 Å². The van der Waals surface area contributed by atoms with Crippen LogP contribution in [0.15, 0.2) is 12.3 Å². The van der Waals surface area contributed by atoms with E-state index in [0.29, 0.717) is 5.69 Å². The summed E-state index contributed by atoms with van der Waals surface area (Å²) in [5.74, 6) is -1.77. The van der Waals surface area contributed by atoms with Crippen molar-refractivity contribution in [1.82, 2.24) is 9.38 Å². The number of hydrogen-bond acceptors (Lipinski definition) is 2. The lowest BCUT2D eigenvalue weighted by molar-refractivity contribution is 0.0688. The van der Waals surface area contributed by atoms with Crippen molar-refractivity contribution in [2.24, 2.45) is 0 Å². The van der Waals surface area contributed by atoms with Gasteiger partial charge < -0.3 is 5.11 Å². The molecule has 2 rings (SSSR count). The van der Waals surface area contributed by atoms with Gasteiger partial charge in [-0.05, 0) is 13.0 Å². The van der Waals surface area contributed by atoms with E-state index < -0.39 is 11.8 Å². The van der Waals surface area contributed by atoms with Gasteiger partial charge in [0.1, 0.15) is 5.82 Å². The minimum absolute atomic E-state index is 0.0774. The van der Waals surface area contributed by atoms with E-state index in [0.717, 1.165) is 16.7 Å². The highest BCUT2D eigenvalue weighted by Crippen LogP contribution is 2.21. The maximum atomic E-state index is 13.0. The first-order valence-corrected chi connectivity index (χ1v) is 4.45. The Labute approximate surface area is 88.9 Å². The van der Waals surface area contributed by atoms with Gasteiger partial charge in [0, 0.05) is 6.20 Å². The molecular formula is C9H6ClFN2O2. The monoisotopic (exact) mass is 228 g/mol. The second kappa shape index (κ2) is 3.20. The van der Waals surface area contributed by atoms with Crippen molar-refractivity contribution in [3.8, 4) is 0 Å². The normalized spacial score (nSPS) is 10.9. The van der Waals surface area contributed by atoms with Gasteiger partial charge in [0.05, 0.1) is 10.7 Å². The van der Waals surface area contributed by atoms with Crippen molar-refractivity contribution in [3.05, 3.63) is 34.5 Å². The molecule has 78 valence electrons. The van der Waals surface area contributed by atoms with Gasteiger partial charge >= 0.3 is 5.97 Å². The fraction of sp³-hybridized carbons (Fsp3) is 0.111. The molecule has 0 bridgehead atoms. The van der Waals surface area contributed by atoms with Crippen LogP contribution in [0, 0.1) is 12.7 Å². The molecule has 4 nitrogen and oxygen atoms in total. The van der Waals surface area contributed by atoms with Crippen LogP contribution >= 0.6 is 11.6 Å². The van der Waals surface area contributed by atoms with Gasteiger partial charge in [-0.3, -0.25) is 4.40 Å². The van der Waals surface area contributed by atoms with Crippen molar-refractivity contribution in [3.63, 3.8) is 0 Å². The quantitative estimate of drug-likeness (QED) is 0.814. The molecule has 0 spiro atoms. The maximum Gasteiger partial charge on any atom is 0.354 e. The Morgan fingerprint density at radius 1 is 1.67 bits per heavy atom. The number of aryl methyl sites for hydroxylation is 1. The Kier molecular flexibility index (Phi) is 2.12. The number of nitrogens with zero attached hydrogens (tertiary/aromatic N) is 2. The van der Waals surface area contributed by atoms with Crippen LogP contribution in [0.5, 0.6) is 0 Å². The maximum absolute atomic E-state index is 13.0. The smallest absolute Gasteiger partial charge is 0.354 e. The molecule has 0 unspecified atom stereocenters. The number of carboxylic acid groups (broad SMARTS) is 1. The van der Waals surface area contributed by atoms with Gasteiger partial charge in [-0.25, -0.2) is 14.2 Å². The SMILES string of the molecule is Cc1nc2c(Cl)cc(F)cn2c1C(=O)O. The Morgan fingerprint density at radius 3 is 2.93 bits per heavy atom. The Balaban J connectivity index is 2.93. The van der Waals surface area contributed by atoms with E-state index in [1.165, 1.54) is 6.92 Å². The van der Waals surface area contributed by atoms with Crippen LogP contribution in [0.1, 0.15) is 16.2 Å². The van der Waals surface area contributed by atoms with Crippen LogP contribution in [0.25, 0.3) is 5.65 Å². The van der Waals surface area contributed by atoms with Gasteiger partial charge in [-0.2, -0.15) is 0 Å². The second-order valence-corrected chi connectivity index (χ2v) is 3.46. The minimum atomic E-state index is -1.17. The fourth-order valence-corrected chi connectivity index (χ4v) is 1.68. The fourth-order valence-electron chi connectivity index (χ4n) is 1.44. The van der Waals surface area contributed by atoms with Crippen LogP contribution in [0.4, 0.5) is 4.39 Å². The molecule has 15 heavy (non-hydrogen) atoms. The predicted molar refractivity (Wildman–Crippen MR) is 51.9 cm³/mol. The molecule has 0 atom stereocenters. The number of aromatic carboxylic acids is 1. The lowest BCUT2D eigenvalue weighted by Crippen LogP contribution is -2.04. The summed E-state index contributed by atoms with van der Waals surface area (Å²) in [5.41, 5.74) is 0.467. The van der Waals surface area contributed by atoms with Gasteiger partial charge in [-0.1, -0.05) is 11.6 Å². The number of carbonyl (C=O) groups is 1. The molecule has 0 aliphatic rings. The number of imidazole rings is 1. The molecule has 2 aromatic rings. The largest absolute Gasteiger partial charge is 0.477 e. The van der Waals surface area contributed by atoms with Gasteiger partial charge in [-0.15, -0.1) is 0 Å². The topological polar surface area (TPSA) is 54.6 Å². The predicted octanol–water partition coefficient (Wildman–Crippen LogP) is 2.13. The third-order valence-electron chi connectivity index (χ3n) is 2.02. The third-order valence-corrected chi connectivity index (χ3v) is 2.30. The Morgan fingerprint density at radius 2 is 2.33 bits per heavy atom. The van der Waals surface area contributed by atoms with E-state index in [2.05, 4.69) is 4.98 Å². The number of aromatic nitrogens is 2. The number of hydrogen-bond donors (Lipinski definition) is 1. The van der Waals surface area contributed by atoms with Crippen LogP contribution in [-0.4, -0.2) is 20.5 Å². The average molecular weight is 229 g/mol. The van der Waals surface area contributed by atoms with E-state index >= 15 is 0 Å². The summed E-state index contributed by atoms with van der Waals surface area (Å²) in [6, 6.07) is 1.09. The highest BCUT2D eigenvalue weighted by atomic mass is 35.5. The molecule has 2 aromatic heterocycles. The third kappa shape index (κ3) is 1.45. The number of pyridine rings is 1.